The van der Waals surface area contributed by atoms with Crippen molar-refractivity contribution in [2.45, 2.75) is 39.5 Å². The molecule has 0 saturated heterocycles. The van der Waals surface area contributed by atoms with Crippen LogP contribution in [0.3, 0.4) is 0 Å². The molecular formula is C16H24N2O2. The number of nitrogens with one attached hydrogen (secondary N) is 1. The number of benzene rings is 1. The third-order valence-corrected chi connectivity index (χ3v) is 4.09. The Balaban J connectivity index is 2.03. The van der Waals surface area contributed by atoms with E-state index in [2.05, 4.69) is 5.32 Å². The van der Waals surface area contributed by atoms with Crippen LogP contribution in [0.15, 0.2) is 18.2 Å². The first-order valence-corrected chi connectivity index (χ1v) is 7.32. The summed E-state index contributed by atoms with van der Waals surface area (Å²) in [6, 6.07) is 5.81. The zero-order valence-electron chi connectivity index (χ0n) is 12.4. The number of carbonyl (C=O) groups excluding carboxylic acids is 1. The molecule has 0 heterocycles. The molecule has 1 aliphatic carbocycles. The first-order valence-electron chi connectivity index (χ1n) is 7.32. The number of carbonyl (C=O) groups is 1. The zero-order valence-corrected chi connectivity index (χ0v) is 12.4. The molecule has 4 heteroatoms. The summed E-state index contributed by atoms with van der Waals surface area (Å²) in [5.74, 6) is 0.760. The molecule has 110 valence electrons. The lowest BCUT2D eigenvalue weighted by molar-refractivity contribution is -0.119. The van der Waals surface area contributed by atoms with Gasteiger partial charge in [0.15, 0.2) is 0 Å². The fourth-order valence-electron chi connectivity index (χ4n) is 2.67. The van der Waals surface area contributed by atoms with Crippen LogP contribution in [-0.2, 0) is 4.79 Å². The van der Waals surface area contributed by atoms with Gasteiger partial charge in [0, 0.05) is 6.42 Å². The summed E-state index contributed by atoms with van der Waals surface area (Å²) in [6.45, 7) is 5.11. The van der Waals surface area contributed by atoms with Gasteiger partial charge in [-0.15, -0.1) is 0 Å². The lowest BCUT2D eigenvalue weighted by atomic mass is 9.66. The van der Waals surface area contributed by atoms with E-state index in [1.54, 1.807) is 0 Å². The topological polar surface area (TPSA) is 64.3 Å². The van der Waals surface area contributed by atoms with Crippen molar-refractivity contribution in [1.29, 1.82) is 0 Å². The second kappa shape index (κ2) is 6.27. The molecule has 0 radical (unpaired) electrons. The van der Waals surface area contributed by atoms with Gasteiger partial charge in [-0.05, 0) is 56.3 Å². The van der Waals surface area contributed by atoms with Gasteiger partial charge in [-0.3, -0.25) is 4.79 Å². The lowest BCUT2D eigenvalue weighted by Gasteiger charge is -2.40. The van der Waals surface area contributed by atoms with Gasteiger partial charge in [0.25, 0.3) is 0 Å². The van der Waals surface area contributed by atoms with Crippen molar-refractivity contribution in [3.05, 3.63) is 23.8 Å². The maximum Gasteiger partial charge on any atom is 0.225 e. The molecule has 1 saturated carbocycles. The van der Waals surface area contributed by atoms with Gasteiger partial charge in [0.2, 0.25) is 5.91 Å². The highest BCUT2D eigenvalue weighted by atomic mass is 16.5. The fourth-order valence-corrected chi connectivity index (χ4v) is 2.67. The highest BCUT2D eigenvalue weighted by Gasteiger charge is 2.37. The normalized spacial score (nSPS) is 16.4. The molecule has 4 nitrogen and oxygen atoms in total. The highest BCUT2D eigenvalue weighted by molar-refractivity contribution is 5.92. The first-order chi connectivity index (χ1) is 9.58. The van der Waals surface area contributed by atoms with E-state index in [9.17, 15) is 4.79 Å². The molecule has 0 unspecified atom stereocenters. The third-order valence-electron chi connectivity index (χ3n) is 4.09. The molecule has 0 aliphatic heterocycles. The Kier molecular flexibility index (Phi) is 4.65. The molecule has 1 aromatic carbocycles. The van der Waals surface area contributed by atoms with E-state index in [-0.39, 0.29) is 11.3 Å². The second-order valence-corrected chi connectivity index (χ2v) is 5.72. The molecule has 1 aliphatic rings. The smallest absolute Gasteiger partial charge is 0.225 e. The number of anilines is 1. The predicted octanol–water partition coefficient (Wildman–Crippen LogP) is 2.85. The number of amides is 1. The van der Waals surface area contributed by atoms with Crippen LogP contribution in [0.2, 0.25) is 0 Å². The monoisotopic (exact) mass is 276 g/mol. The van der Waals surface area contributed by atoms with Crippen molar-refractivity contribution in [2.75, 3.05) is 18.5 Å². The quantitative estimate of drug-likeness (QED) is 0.839. The van der Waals surface area contributed by atoms with E-state index in [4.69, 9.17) is 10.5 Å². The number of ether oxygens (including phenoxy) is 1. The molecule has 2 rings (SSSR count). The zero-order chi connectivity index (χ0) is 14.6. The fraction of sp³-hybridized carbons (Fsp3) is 0.562. The Morgan fingerprint density at radius 1 is 1.45 bits per heavy atom. The van der Waals surface area contributed by atoms with Gasteiger partial charge in [0.05, 0.1) is 12.3 Å². The van der Waals surface area contributed by atoms with Crippen LogP contribution >= 0.6 is 0 Å². The molecule has 0 atom stereocenters. The molecule has 0 aromatic heterocycles. The van der Waals surface area contributed by atoms with E-state index in [1.807, 2.05) is 32.0 Å². The Bertz CT molecular complexity index is 476. The van der Waals surface area contributed by atoms with Crippen LogP contribution in [-0.4, -0.2) is 19.1 Å². The molecule has 0 bridgehead atoms. The Morgan fingerprint density at radius 2 is 2.20 bits per heavy atom. The predicted molar refractivity (Wildman–Crippen MR) is 80.9 cm³/mol. The van der Waals surface area contributed by atoms with Crippen molar-refractivity contribution in [2.24, 2.45) is 11.1 Å². The van der Waals surface area contributed by atoms with E-state index >= 15 is 0 Å². The van der Waals surface area contributed by atoms with Crippen molar-refractivity contribution in [1.82, 2.24) is 0 Å². The minimum Gasteiger partial charge on any atom is -0.492 e. The minimum absolute atomic E-state index is 0.0277. The Morgan fingerprint density at radius 3 is 2.75 bits per heavy atom. The standard InChI is InChI=1S/C16H24N2O2/c1-3-20-14-9-12(2)5-6-13(14)18-15(19)10-16(11-17)7-4-8-16/h5-6,9H,3-4,7-8,10-11,17H2,1-2H3,(H,18,19). The third kappa shape index (κ3) is 3.31. The molecule has 1 fully saturated rings. The number of nitrogens with two attached hydrogens (primary N) is 1. The average Bonchev–Trinajstić information content (AvgIpc) is 2.37. The molecule has 1 aromatic rings. The number of hydrogen-bond donors (Lipinski definition) is 2. The minimum atomic E-state index is 0.0277. The molecule has 1 amide bonds. The summed E-state index contributed by atoms with van der Waals surface area (Å²) in [7, 11) is 0. The number of aryl methyl sites for hydroxylation is 1. The number of rotatable bonds is 6. The molecular weight excluding hydrogens is 252 g/mol. The Labute approximate surface area is 120 Å². The lowest BCUT2D eigenvalue weighted by Crippen LogP contribution is -2.40. The van der Waals surface area contributed by atoms with E-state index in [0.29, 0.717) is 19.6 Å². The largest absolute Gasteiger partial charge is 0.492 e. The van der Waals surface area contributed by atoms with Crippen molar-refractivity contribution in [3.8, 4) is 5.75 Å². The van der Waals surface area contributed by atoms with E-state index < -0.39 is 0 Å². The van der Waals surface area contributed by atoms with Crippen LogP contribution in [0.25, 0.3) is 0 Å². The molecule has 0 spiro atoms. The summed E-state index contributed by atoms with van der Waals surface area (Å²) in [5.41, 5.74) is 7.69. The van der Waals surface area contributed by atoms with Gasteiger partial charge in [0.1, 0.15) is 5.75 Å². The van der Waals surface area contributed by atoms with Crippen LogP contribution in [0.4, 0.5) is 5.69 Å². The second-order valence-electron chi connectivity index (χ2n) is 5.72. The van der Waals surface area contributed by atoms with Crippen LogP contribution in [0.5, 0.6) is 5.75 Å². The van der Waals surface area contributed by atoms with Gasteiger partial charge in [-0.1, -0.05) is 12.5 Å². The van der Waals surface area contributed by atoms with Gasteiger partial charge < -0.3 is 15.8 Å². The summed E-state index contributed by atoms with van der Waals surface area (Å²) in [5, 5.41) is 2.96. The van der Waals surface area contributed by atoms with Crippen molar-refractivity contribution in [3.63, 3.8) is 0 Å². The van der Waals surface area contributed by atoms with Crippen molar-refractivity contribution < 1.29 is 9.53 Å². The highest BCUT2D eigenvalue weighted by Crippen LogP contribution is 2.43. The summed E-state index contributed by atoms with van der Waals surface area (Å²) in [4.78, 5) is 12.2. The van der Waals surface area contributed by atoms with Crippen LogP contribution in [0, 0.1) is 12.3 Å². The number of hydrogen-bond acceptors (Lipinski definition) is 3. The molecule has 3 N–H and O–H groups in total. The molecule has 20 heavy (non-hydrogen) atoms. The van der Waals surface area contributed by atoms with Crippen molar-refractivity contribution >= 4 is 11.6 Å². The van der Waals surface area contributed by atoms with Crippen LogP contribution in [0.1, 0.15) is 38.2 Å². The summed E-state index contributed by atoms with van der Waals surface area (Å²) >= 11 is 0. The van der Waals surface area contributed by atoms with Gasteiger partial charge in [-0.2, -0.15) is 0 Å². The van der Waals surface area contributed by atoms with E-state index in [1.165, 1.54) is 6.42 Å². The van der Waals surface area contributed by atoms with E-state index in [0.717, 1.165) is 29.8 Å². The SMILES string of the molecule is CCOc1cc(C)ccc1NC(=O)CC1(CN)CCC1. The summed E-state index contributed by atoms with van der Waals surface area (Å²) in [6.07, 6.45) is 3.80. The van der Waals surface area contributed by atoms with Gasteiger partial charge >= 0.3 is 0 Å². The Hall–Kier alpha value is -1.55. The maximum absolute atomic E-state index is 12.2. The maximum atomic E-state index is 12.2. The summed E-state index contributed by atoms with van der Waals surface area (Å²) < 4.78 is 5.58. The first kappa shape index (κ1) is 14.9. The van der Waals surface area contributed by atoms with Crippen LogP contribution < -0.4 is 15.8 Å². The van der Waals surface area contributed by atoms with Gasteiger partial charge in [-0.25, -0.2) is 0 Å². The average molecular weight is 276 g/mol.